The number of carbonyl (C=O) groups excluding carboxylic acids is 3. The summed E-state index contributed by atoms with van der Waals surface area (Å²) in [6, 6.07) is 20.4. The molecule has 226 valence electrons. The Labute approximate surface area is 245 Å². The van der Waals surface area contributed by atoms with Crippen LogP contribution in [0.25, 0.3) is 0 Å². The van der Waals surface area contributed by atoms with E-state index in [0.29, 0.717) is 39.0 Å². The lowest BCUT2D eigenvalue weighted by Crippen LogP contribution is -2.38. The molecule has 0 saturated carbocycles. The molecule has 0 aliphatic rings. The van der Waals surface area contributed by atoms with Gasteiger partial charge in [-0.3, -0.25) is 24.2 Å². The number of nitrogens with zero attached hydrogens (tertiary/aromatic N) is 2. The van der Waals surface area contributed by atoms with Crippen LogP contribution in [0.5, 0.6) is 0 Å². The van der Waals surface area contributed by atoms with Crippen LogP contribution in [-0.2, 0) is 32.2 Å². The topological polar surface area (TPSA) is 111 Å². The highest BCUT2D eigenvalue weighted by Gasteiger charge is 2.18. The van der Waals surface area contributed by atoms with Gasteiger partial charge in [-0.2, -0.15) is 0 Å². The van der Waals surface area contributed by atoms with Crippen molar-refractivity contribution in [3.05, 3.63) is 71.8 Å². The molecule has 2 amide bonds. The Hall–Kier alpha value is -3.27. The van der Waals surface area contributed by atoms with Crippen LogP contribution in [0.15, 0.2) is 60.7 Å². The maximum absolute atomic E-state index is 11.8. The molecule has 0 spiro atoms. The van der Waals surface area contributed by atoms with Crippen molar-refractivity contribution >= 4 is 17.8 Å². The maximum atomic E-state index is 11.8. The van der Waals surface area contributed by atoms with Crippen molar-refractivity contribution in [2.24, 2.45) is 0 Å². The van der Waals surface area contributed by atoms with Gasteiger partial charge in [0.2, 0.25) is 11.8 Å². The molecule has 9 nitrogen and oxygen atoms in total. The molecule has 0 heterocycles. The smallest absolute Gasteiger partial charge is 0.302 e. The number of benzene rings is 2. The first-order valence-corrected chi connectivity index (χ1v) is 14.6. The lowest BCUT2D eigenvalue weighted by atomic mass is 10.1. The Morgan fingerprint density at radius 2 is 1.20 bits per heavy atom. The molecule has 2 rings (SSSR count). The summed E-state index contributed by atoms with van der Waals surface area (Å²) in [4.78, 5) is 38.9. The molecule has 0 bridgehead atoms. The molecule has 0 radical (unpaired) electrons. The summed E-state index contributed by atoms with van der Waals surface area (Å²) in [6.07, 6.45) is 2.06. The fraction of sp³-hybridized carbons (Fsp3) is 0.531. The number of aliphatic hydroxyl groups excluding tert-OH is 1. The van der Waals surface area contributed by atoms with Crippen molar-refractivity contribution < 1.29 is 24.2 Å². The van der Waals surface area contributed by atoms with Crippen LogP contribution >= 0.6 is 0 Å². The number of amides is 2. The van der Waals surface area contributed by atoms with Crippen LogP contribution in [0.2, 0.25) is 0 Å². The number of unbranched alkanes of at least 4 members (excludes halogenated alkanes) is 1. The standard InChI is InChI=1S/C32H48N4O5/c1-26(37)33-18-16-31(40)24-35(22-29-12-6-4-7-13-29)20-10-11-21-36(23-30-14-8-5-9-15-30)25-32(41-28(3)39)17-19-34-27(2)38/h4-9,12-15,31-32,40H,10-11,16-25H2,1-3H3,(H,33,37)(H,34,38)/t31-,32-/m0/s1. The van der Waals surface area contributed by atoms with E-state index in [0.717, 1.165) is 39.0 Å². The van der Waals surface area contributed by atoms with E-state index in [4.69, 9.17) is 4.74 Å². The molecule has 3 N–H and O–H groups in total. The second-order valence-electron chi connectivity index (χ2n) is 10.6. The molecular weight excluding hydrogens is 520 g/mol. The molecule has 0 saturated heterocycles. The van der Waals surface area contributed by atoms with Gasteiger partial charge in [0, 0.05) is 66.5 Å². The predicted octanol–water partition coefficient (Wildman–Crippen LogP) is 3.12. The van der Waals surface area contributed by atoms with Gasteiger partial charge in [-0.05, 0) is 43.5 Å². The van der Waals surface area contributed by atoms with Crippen LogP contribution in [-0.4, -0.2) is 84.2 Å². The van der Waals surface area contributed by atoms with Crippen LogP contribution in [0.3, 0.4) is 0 Å². The average molecular weight is 569 g/mol. The zero-order valence-corrected chi connectivity index (χ0v) is 24.9. The Balaban J connectivity index is 1.99. The minimum absolute atomic E-state index is 0.0931. The third-order valence-corrected chi connectivity index (χ3v) is 6.65. The first-order valence-electron chi connectivity index (χ1n) is 14.6. The van der Waals surface area contributed by atoms with E-state index >= 15 is 0 Å². The summed E-state index contributed by atoms with van der Waals surface area (Å²) in [5.74, 6) is -0.524. The number of aliphatic hydroxyl groups is 1. The molecule has 0 fully saturated rings. The summed E-state index contributed by atoms with van der Waals surface area (Å²) in [5.41, 5.74) is 2.37. The maximum Gasteiger partial charge on any atom is 0.302 e. The normalized spacial score (nSPS) is 12.6. The summed E-state index contributed by atoms with van der Waals surface area (Å²) in [5, 5.41) is 16.2. The van der Waals surface area contributed by atoms with Crippen molar-refractivity contribution in [3.8, 4) is 0 Å². The molecular formula is C32H48N4O5. The second kappa shape index (κ2) is 19.7. The van der Waals surface area contributed by atoms with E-state index < -0.39 is 6.10 Å². The summed E-state index contributed by atoms with van der Waals surface area (Å²) < 4.78 is 5.61. The number of hydrogen-bond acceptors (Lipinski definition) is 7. The molecule has 0 unspecified atom stereocenters. The van der Waals surface area contributed by atoms with Crippen molar-refractivity contribution in [3.63, 3.8) is 0 Å². The van der Waals surface area contributed by atoms with E-state index in [1.807, 2.05) is 36.4 Å². The third-order valence-electron chi connectivity index (χ3n) is 6.65. The Kier molecular flexibility index (Phi) is 16.3. The largest absolute Gasteiger partial charge is 0.461 e. The van der Waals surface area contributed by atoms with E-state index in [-0.39, 0.29) is 23.9 Å². The lowest BCUT2D eigenvalue weighted by Gasteiger charge is -2.29. The van der Waals surface area contributed by atoms with Crippen molar-refractivity contribution in [1.29, 1.82) is 0 Å². The molecule has 41 heavy (non-hydrogen) atoms. The average Bonchev–Trinajstić information content (AvgIpc) is 2.91. The van der Waals surface area contributed by atoms with Crippen LogP contribution in [0.4, 0.5) is 0 Å². The van der Waals surface area contributed by atoms with E-state index in [2.05, 4.69) is 44.7 Å². The second-order valence-corrected chi connectivity index (χ2v) is 10.6. The summed E-state index contributed by atoms with van der Waals surface area (Å²) in [6.45, 7) is 9.48. The highest BCUT2D eigenvalue weighted by Crippen LogP contribution is 2.12. The predicted molar refractivity (Wildman–Crippen MR) is 161 cm³/mol. The van der Waals surface area contributed by atoms with Gasteiger partial charge in [0.1, 0.15) is 6.10 Å². The van der Waals surface area contributed by atoms with Crippen molar-refractivity contribution in [2.75, 3.05) is 39.3 Å². The van der Waals surface area contributed by atoms with Crippen LogP contribution in [0.1, 0.15) is 57.6 Å². The minimum Gasteiger partial charge on any atom is -0.461 e. The molecule has 9 heteroatoms. The number of nitrogens with one attached hydrogen (secondary N) is 2. The number of ether oxygens (including phenoxy) is 1. The Morgan fingerprint density at radius 1 is 0.732 bits per heavy atom. The van der Waals surface area contributed by atoms with Gasteiger partial charge in [0.05, 0.1) is 6.10 Å². The molecule has 0 aliphatic heterocycles. The van der Waals surface area contributed by atoms with Crippen LogP contribution < -0.4 is 10.6 Å². The fourth-order valence-corrected chi connectivity index (χ4v) is 4.75. The minimum atomic E-state index is -0.534. The zero-order chi connectivity index (χ0) is 29.9. The number of esters is 1. The van der Waals surface area contributed by atoms with Crippen molar-refractivity contribution in [2.45, 2.75) is 71.8 Å². The van der Waals surface area contributed by atoms with Crippen molar-refractivity contribution in [1.82, 2.24) is 20.4 Å². The molecule has 2 aromatic rings. The zero-order valence-electron chi connectivity index (χ0n) is 24.9. The van der Waals surface area contributed by atoms with Crippen LogP contribution in [0, 0.1) is 0 Å². The third kappa shape index (κ3) is 16.6. The molecule has 0 aromatic heterocycles. The highest BCUT2D eigenvalue weighted by molar-refractivity contribution is 5.73. The van der Waals surface area contributed by atoms with Gasteiger partial charge in [0.15, 0.2) is 0 Å². The van der Waals surface area contributed by atoms with Gasteiger partial charge >= 0.3 is 5.97 Å². The Morgan fingerprint density at radius 3 is 1.66 bits per heavy atom. The SMILES string of the molecule is CC(=O)NCC[C@H](O)CN(CCCCN(Cc1ccccc1)C[C@H](CCNC(C)=O)OC(C)=O)Cc1ccccc1. The summed E-state index contributed by atoms with van der Waals surface area (Å²) in [7, 11) is 0. The van der Waals surface area contributed by atoms with E-state index in [1.165, 1.54) is 31.9 Å². The quantitative estimate of drug-likeness (QED) is 0.166. The van der Waals surface area contributed by atoms with Gasteiger partial charge in [-0.25, -0.2) is 0 Å². The van der Waals surface area contributed by atoms with E-state index in [9.17, 15) is 19.5 Å². The van der Waals surface area contributed by atoms with E-state index in [1.54, 1.807) is 0 Å². The van der Waals surface area contributed by atoms with Gasteiger partial charge in [0.25, 0.3) is 0 Å². The molecule has 2 aromatic carbocycles. The monoisotopic (exact) mass is 568 g/mol. The summed E-state index contributed by atoms with van der Waals surface area (Å²) >= 11 is 0. The first kappa shape index (κ1) is 33.9. The fourth-order valence-electron chi connectivity index (χ4n) is 4.75. The lowest BCUT2D eigenvalue weighted by molar-refractivity contribution is -0.147. The van der Waals surface area contributed by atoms with Gasteiger partial charge in [-0.1, -0.05) is 60.7 Å². The number of rotatable bonds is 20. The molecule has 2 atom stereocenters. The molecule has 0 aliphatic carbocycles. The number of carbonyl (C=O) groups is 3. The number of hydrogen-bond donors (Lipinski definition) is 3. The van der Waals surface area contributed by atoms with Gasteiger partial charge in [-0.15, -0.1) is 0 Å². The highest BCUT2D eigenvalue weighted by atomic mass is 16.5. The first-order chi connectivity index (χ1) is 19.7. The Bertz CT molecular complexity index is 1020. The van der Waals surface area contributed by atoms with Gasteiger partial charge < -0.3 is 20.5 Å².